The zero-order valence-corrected chi connectivity index (χ0v) is 20.3. The van der Waals surface area contributed by atoms with Crippen LogP contribution in [0.15, 0.2) is 28.8 Å². The van der Waals surface area contributed by atoms with Crippen molar-refractivity contribution >= 4 is 34.0 Å². The van der Waals surface area contributed by atoms with Gasteiger partial charge in [-0.3, -0.25) is 9.59 Å². The Labute approximate surface area is 202 Å². The van der Waals surface area contributed by atoms with Crippen LogP contribution >= 0.6 is 11.3 Å². The van der Waals surface area contributed by atoms with Crippen molar-refractivity contribution in [2.45, 2.75) is 57.9 Å². The van der Waals surface area contributed by atoms with Crippen LogP contribution in [0.5, 0.6) is 0 Å². The number of piperidine rings is 1. The van der Waals surface area contributed by atoms with Crippen LogP contribution in [0.4, 0.5) is 4.39 Å². The molecule has 0 spiro atoms. The Balaban J connectivity index is 1.10. The first-order valence-electron chi connectivity index (χ1n) is 12.2. The van der Waals surface area contributed by atoms with E-state index in [0.717, 1.165) is 74.2 Å². The summed E-state index contributed by atoms with van der Waals surface area (Å²) >= 11 is 1.57. The molecule has 0 saturated carbocycles. The summed E-state index contributed by atoms with van der Waals surface area (Å²) in [4.78, 5) is 30.9. The van der Waals surface area contributed by atoms with Crippen molar-refractivity contribution in [3.63, 3.8) is 0 Å². The van der Waals surface area contributed by atoms with Gasteiger partial charge in [-0.05, 0) is 75.5 Å². The van der Waals surface area contributed by atoms with E-state index in [2.05, 4.69) is 16.1 Å². The van der Waals surface area contributed by atoms with Crippen LogP contribution in [0, 0.1) is 5.82 Å². The van der Waals surface area contributed by atoms with Crippen LogP contribution in [0.3, 0.4) is 0 Å². The van der Waals surface area contributed by atoms with Crippen LogP contribution in [-0.4, -0.2) is 52.8 Å². The smallest absolute Gasteiger partial charge is 0.219 e. The second-order valence-electron chi connectivity index (χ2n) is 9.45. The molecule has 1 aromatic carbocycles. The molecule has 0 bridgehead atoms. The number of aryl methyl sites for hydroxylation is 1. The zero-order valence-electron chi connectivity index (χ0n) is 19.5. The number of rotatable bonds is 6. The highest BCUT2D eigenvalue weighted by Crippen LogP contribution is 2.33. The summed E-state index contributed by atoms with van der Waals surface area (Å²) in [6.07, 6.45) is 5.25. The second-order valence-corrected chi connectivity index (χ2v) is 10.6. The number of likely N-dealkylation sites (tertiary alicyclic amines) is 1. The van der Waals surface area contributed by atoms with Gasteiger partial charge in [0.05, 0.1) is 17.1 Å². The lowest BCUT2D eigenvalue weighted by Gasteiger charge is -2.31. The average Bonchev–Trinajstić information content (AvgIpc) is 3.37. The van der Waals surface area contributed by atoms with Crippen molar-refractivity contribution in [3.8, 4) is 0 Å². The Kier molecular flexibility index (Phi) is 6.79. The predicted octanol–water partition coefficient (Wildman–Crippen LogP) is 5.17. The molecule has 2 aromatic heterocycles. The summed E-state index contributed by atoms with van der Waals surface area (Å²) in [7, 11) is 0. The number of aromatic nitrogens is 1. The third kappa shape index (κ3) is 4.93. The summed E-state index contributed by atoms with van der Waals surface area (Å²) in [5.74, 6) is 0.323. The monoisotopic (exact) mass is 483 g/mol. The SMILES string of the molecule is CC(=O)N1CCCc2cc(C(=O)CCCN3CCC(c4noc5cc(F)ccc45)CC3)sc2C1. The number of hydrogen-bond acceptors (Lipinski definition) is 6. The van der Waals surface area contributed by atoms with Crippen LogP contribution in [0.2, 0.25) is 0 Å². The summed E-state index contributed by atoms with van der Waals surface area (Å²) in [5, 5.41) is 5.13. The molecule has 180 valence electrons. The molecular weight excluding hydrogens is 453 g/mol. The molecule has 0 radical (unpaired) electrons. The number of fused-ring (bicyclic) bond motifs is 2. The minimum atomic E-state index is -0.309. The minimum Gasteiger partial charge on any atom is -0.356 e. The molecule has 3 aromatic rings. The van der Waals surface area contributed by atoms with Gasteiger partial charge in [-0.15, -0.1) is 11.3 Å². The van der Waals surface area contributed by atoms with Gasteiger partial charge in [0.1, 0.15) is 5.82 Å². The number of Topliss-reactive ketones (excluding diaryl/α,β-unsaturated/α-hetero) is 1. The molecule has 34 heavy (non-hydrogen) atoms. The van der Waals surface area contributed by atoms with Crippen LogP contribution in [-0.2, 0) is 17.8 Å². The summed E-state index contributed by atoms with van der Waals surface area (Å²) in [6, 6.07) is 6.67. The number of nitrogens with zero attached hydrogens (tertiary/aromatic N) is 3. The Morgan fingerprint density at radius 1 is 1.21 bits per heavy atom. The maximum absolute atomic E-state index is 13.4. The molecule has 2 aliphatic heterocycles. The van der Waals surface area contributed by atoms with Crippen molar-refractivity contribution < 1.29 is 18.5 Å². The third-order valence-electron chi connectivity index (χ3n) is 7.14. The fourth-order valence-corrected chi connectivity index (χ4v) is 6.37. The average molecular weight is 484 g/mol. The first kappa shape index (κ1) is 23.2. The molecule has 8 heteroatoms. The van der Waals surface area contributed by atoms with E-state index in [0.29, 0.717) is 24.5 Å². The van der Waals surface area contributed by atoms with E-state index in [9.17, 15) is 14.0 Å². The van der Waals surface area contributed by atoms with Crippen LogP contribution < -0.4 is 0 Å². The van der Waals surface area contributed by atoms with Crippen molar-refractivity contribution in [1.82, 2.24) is 15.0 Å². The van der Waals surface area contributed by atoms with Gasteiger partial charge < -0.3 is 14.3 Å². The number of benzene rings is 1. The number of thiophene rings is 1. The highest BCUT2D eigenvalue weighted by molar-refractivity contribution is 7.14. The summed E-state index contributed by atoms with van der Waals surface area (Å²) in [6.45, 7) is 5.87. The first-order valence-corrected chi connectivity index (χ1v) is 13.0. The summed E-state index contributed by atoms with van der Waals surface area (Å²) < 4.78 is 18.7. The molecule has 6 nitrogen and oxygen atoms in total. The van der Waals surface area contributed by atoms with Crippen LogP contribution in [0.1, 0.15) is 70.8 Å². The first-order chi connectivity index (χ1) is 16.5. The summed E-state index contributed by atoms with van der Waals surface area (Å²) in [5.41, 5.74) is 2.68. The molecular formula is C26H30FN3O3S. The maximum atomic E-state index is 13.4. The van der Waals surface area contributed by atoms with E-state index in [1.54, 1.807) is 24.3 Å². The quantitative estimate of drug-likeness (QED) is 0.453. The van der Waals surface area contributed by atoms with Gasteiger partial charge in [0.2, 0.25) is 5.91 Å². The molecule has 4 heterocycles. The largest absolute Gasteiger partial charge is 0.356 e. The molecule has 0 unspecified atom stereocenters. The lowest BCUT2D eigenvalue weighted by atomic mass is 9.91. The van der Waals surface area contributed by atoms with Crippen LogP contribution in [0.25, 0.3) is 11.0 Å². The van der Waals surface area contributed by atoms with Gasteiger partial charge in [-0.25, -0.2) is 4.39 Å². The predicted molar refractivity (Wildman–Crippen MR) is 130 cm³/mol. The van der Waals surface area contributed by atoms with E-state index >= 15 is 0 Å². The molecule has 2 aliphatic rings. The van der Waals surface area contributed by atoms with E-state index in [4.69, 9.17) is 4.52 Å². The molecule has 1 fully saturated rings. The van der Waals surface area contributed by atoms with Gasteiger partial charge in [0.15, 0.2) is 11.4 Å². The number of ketones is 1. The highest BCUT2D eigenvalue weighted by Gasteiger charge is 2.25. The molecule has 0 N–H and O–H groups in total. The normalized spacial score (nSPS) is 17.6. The van der Waals surface area contributed by atoms with Crippen molar-refractivity contribution in [2.24, 2.45) is 0 Å². The number of halogens is 1. The molecule has 0 aliphatic carbocycles. The zero-order chi connectivity index (χ0) is 23.7. The van der Waals surface area contributed by atoms with E-state index < -0.39 is 0 Å². The van der Waals surface area contributed by atoms with Gasteiger partial charge in [0, 0.05) is 42.1 Å². The maximum Gasteiger partial charge on any atom is 0.219 e. The van der Waals surface area contributed by atoms with Crippen molar-refractivity contribution in [3.05, 3.63) is 51.1 Å². The lowest BCUT2D eigenvalue weighted by Crippen LogP contribution is -2.34. The molecule has 0 atom stereocenters. The van der Waals surface area contributed by atoms with Crippen molar-refractivity contribution in [2.75, 3.05) is 26.2 Å². The Bertz CT molecular complexity index is 1200. The Morgan fingerprint density at radius 3 is 2.82 bits per heavy atom. The van der Waals surface area contributed by atoms with Gasteiger partial charge >= 0.3 is 0 Å². The fourth-order valence-electron chi connectivity index (χ4n) is 5.17. The number of carbonyl (C=O) groups is 2. The van der Waals surface area contributed by atoms with Gasteiger partial charge in [0.25, 0.3) is 0 Å². The number of amides is 1. The van der Waals surface area contributed by atoms with E-state index in [-0.39, 0.29) is 17.5 Å². The molecule has 1 amide bonds. The number of carbonyl (C=O) groups excluding carboxylic acids is 2. The number of hydrogen-bond donors (Lipinski definition) is 0. The topological polar surface area (TPSA) is 66.7 Å². The molecule has 5 rings (SSSR count). The lowest BCUT2D eigenvalue weighted by molar-refractivity contribution is -0.129. The highest BCUT2D eigenvalue weighted by atomic mass is 32.1. The van der Waals surface area contributed by atoms with Gasteiger partial charge in [-0.1, -0.05) is 5.16 Å². The van der Waals surface area contributed by atoms with E-state index in [1.807, 2.05) is 4.90 Å². The Hall–Kier alpha value is -2.58. The molecule has 1 saturated heterocycles. The standard InChI is InChI=1S/C26H30FN3O3S/c1-17(31)30-11-2-4-19-14-24(34-25(19)16-30)22(32)5-3-10-29-12-8-18(9-13-29)26-21-7-6-20(27)15-23(21)33-28-26/h6-7,14-15,18H,2-5,8-13,16H2,1H3. The van der Waals surface area contributed by atoms with Gasteiger partial charge in [-0.2, -0.15) is 0 Å². The van der Waals surface area contributed by atoms with Crippen molar-refractivity contribution in [1.29, 1.82) is 0 Å². The second kappa shape index (κ2) is 9.96. The van der Waals surface area contributed by atoms with E-state index in [1.165, 1.54) is 22.6 Å². The Morgan fingerprint density at radius 2 is 2.03 bits per heavy atom. The minimum absolute atomic E-state index is 0.100. The third-order valence-corrected chi connectivity index (χ3v) is 8.34. The fraction of sp³-hybridized carbons (Fsp3) is 0.500.